The summed E-state index contributed by atoms with van der Waals surface area (Å²) < 4.78 is 0. The molecule has 3 nitrogen and oxygen atoms in total. The zero-order chi connectivity index (χ0) is 15.2. The lowest BCUT2D eigenvalue weighted by Crippen LogP contribution is -2.46. The summed E-state index contributed by atoms with van der Waals surface area (Å²) >= 11 is 0. The minimum atomic E-state index is -0.122. The monoisotopic (exact) mass is 278 g/mol. The van der Waals surface area contributed by atoms with Crippen LogP contribution in [0, 0.1) is 13.8 Å². The number of anilines is 1. The number of hydrogen-bond donors (Lipinski definition) is 2. The molecule has 1 unspecified atom stereocenters. The van der Waals surface area contributed by atoms with Crippen molar-refractivity contribution >= 4 is 5.69 Å². The van der Waals surface area contributed by atoms with E-state index in [-0.39, 0.29) is 12.1 Å². The third-order valence-corrected chi connectivity index (χ3v) is 4.42. The van der Waals surface area contributed by atoms with Crippen molar-refractivity contribution in [1.82, 2.24) is 5.32 Å². The van der Waals surface area contributed by atoms with Gasteiger partial charge in [0.15, 0.2) is 0 Å². The third-order valence-electron chi connectivity index (χ3n) is 4.42. The summed E-state index contributed by atoms with van der Waals surface area (Å²) in [5, 5.41) is 12.8. The second kappa shape index (κ2) is 7.65. The molecular weight excluding hydrogens is 248 g/mol. The average molecular weight is 278 g/mol. The molecule has 0 amide bonds. The van der Waals surface area contributed by atoms with Crippen molar-refractivity contribution in [2.45, 2.75) is 45.6 Å². The molecule has 0 fully saturated rings. The summed E-state index contributed by atoms with van der Waals surface area (Å²) in [6, 6.07) is 6.59. The van der Waals surface area contributed by atoms with Gasteiger partial charge in [0.1, 0.15) is 0 Å². The van der Waals surface area contributed by atoms with Gasteiger partial charge in [-0.15, -0.1) is 0 Å². The first-order valence-electron chi connectivity index (χ1n) is 7.56. The molecule has 0 saturated heterocycles. The number of rotatable bonds is 8. The molecule has 114 valence electrons. The van der Waals surface area contributed by atoms with E-state index >= 15 is 0 Å². The Morgan fingerprint density at radius 3 is 2.50 bits per heavy atom. The topological polar surface area (TPSA) is 35.5 Å². The molecular formula is C17H30N2O. The van der Waals surface area contributed by atoms with E-state index in [1.807, 2.05) is 7.05 Å². The van der Waals surface area contributed by atoms with Gasteiger partial charge in [0.05, 0.1) is 6.61 Å². The summed E-state index contributed by atoms with van der Waals surface area (Å²) in [6.45, 7) is 7.62. The second-order valence-corrected chi connectivity index (χ2v) is 5.86. The van der Waals surface area contributed by atoms with Crippen molar-refractivity contribution in [3.8, 4) is 0 Å². The molecule has 1 rings (SSSR count). The predicted octanol–water partition coefficient (Wildman–Crippen LogP) is 2.88. The Morgan fingerprint density at radius 2 is 2.00 bits per heavy atom. The lowest BCUT2D eigenvalue weighted by Gasteiger charge is -2.31. The van der Waals surface area contributed by atoms with Gasteiger partial charge < -0.3 is 15.3 Å². The Bertz CT molecular complexity index is 405. The van der Waals surface area contributed by atoms with Gasteiger partial charge in [0, 0.05) is 24.8 Å². The summed E-state index contributed by atoms with van der Waals surface area (Å²) in [5.74, 6) is 0. The van der Waals surface area contributed by atoms with Crippen LogP contribution in [-0.4, -0.2) is 37.9 Å². The third kappa shape index (κ3) is 4.22. The maximum Gasteiger partial charge on any atom is 0.0613 e. The largest absolute Gasteiger partial charge is 0.394 e. The predicted molar refractivity (Wildman–Crippen MR) is 87.6 cm³/mol. The van der Waals surface area contributed by atoms with Crippen molar-refractivity contribution in [3.05, 3.63) is 29.3 Å². The number of aliphatic hydroxyl groups is 1. The molecule has 0 radical (unpaired) electrons. The molecule has 0 aromatic heterocycles. The highest BCUT2D eigenvalue weighted by atomic mass is 16.3. The van der Waals surface area contributed by atoms with E-state index in [1.165, 1.54) is 16.8 Å². The highest BCUT2D eigenvalue weighted by molar-refractivity contribution is 5.53. The fourth-order valence-electron chi connectivity index (χ4n) is 2.76. The summed E-state index contributed by atoms with van der Waals surface area (Å²) in [5.41, 5.74) is 3.81. The van der Waals surface area contributed by atoms with Crippen LogP contribution < -0.4 is 10.2 Å². The van der Waals surface area contributed by atoms with Crippen LogP contribution in [0.3, 0.4) is 0 Å². The normalized spacial score (nSPS) is 14.1. The molecule has 1 atom stereocenters. The lowest BCUT2D eigenvalue weighted by atomic mass is 9.91. The fraction of sp³-hybridized carbons (Fsp3) is 0.647. The standard InChI is InChI=1S/C17H30N2O/c1-6-17(13-20,18-4)10-7-11-19(5)16-9-8-14(2)12-15(16)3/h8-9,12,18,20H,6-7,10-11,13H2,1-5H3. The fourth-order valence-corrected chi connectivity index (χ4v) is 2.76. The number of likely N-dealkylation sites (N-methyl/N-ethyl adjacent to an activating group) is 1. The Hall–Kier alpha value is -1.06. The number of hydrogen-bond acceptors (Lipinski definition) is 3. The highest BCUT2D eigenvalue weighted by Crippen LogP contribution is 2.22. The number of benzene rings is 1. The van der Waals surface area contributed by atoms with Gasteiger partial charge in [0.2, 0.25) is 0 Å². The first kappa shape index (κ1) is 17.0. The van der Waals surface area contributed by atoms with Gasteiger partial charge in [-0.05, 0) is 51.8 Å². The van der Waals surface area contributed by atoms with E-state index in [1.54, 1.807) is 0 Å². The van der Waals surface area contributed by atoms with Crippen LogP contribution in [0.5, 0.6) is 0 Å². The van der Waals surface area contributed by atoms with E-state index in [9.17, 15) is 5.11 Å². The summed E-state index contributed by atoms with van der Waals surface area (Å²) in [7, 11) is 4.08. The van der Waals surface area contributed by atoms with Gasteiger partial charge >= 0.3 is 0 Å². The second-order valence-electron chi connectivity index (χ2n) is 5.86. The Balaban J connectivity index is 2.57. The Morgan fingerprint density at radius 1 is 1.30 bits per heavy atom. The first-order valence-corrected chi connectivity index (χ1v) is 7.56. The summed E-state index contributed by atoms with van der Waals surface area (Å²) in [4.78, 5) is 2.31. The molecule has 0 aliphatic rings. The molecule has 3 heteroatoms. The molecule has 20 heavy (non-hydrogen) atoms. The van der Waals surface area contributed by atoms with E-state index in [4.69, 9.17) is 0 Å². The smallest absolute Gasteiger partial charge is 0.0613 e. The zero-order valence-corrected chi connectivity index (χ0v) is 13.7. The molecule has 1 aromatic carbocycles. The number of nitrogens with zero attached hydrogens (tertiary/aromatic N) is 1. The van der Waals surface area contributed by atoms with Crippen LogP contribution in [0.15, 0.2) is 18.2 Å². The first-order chi connectivity index (χ1) is 9.48. The molecule has 0 saturated carbocycles. The maximum atomic E-state index is 9.56. The van der Waals surface area contributed by atoms with Crippen LogP contribution in [0.4, 0.5) is 5.69 Å². The van der Waals surface area contributed by atoms with Gasteiger partial charge in [-0.1, -0.05) is 24.6 Å². The molecule has 0 aliphatic carbocycles. The number of nitrogens with one attached hydrogen (secondary N) is 1. The van der Waals surface area contributed by atoms with E-state index < -0.39 is 0 Å². The van der Waals surface area contributed by atoms with Crippen LogP contribution in [0.1, 0.15) is 37.3 Å². The van der Waals surface area contributed by atoms with Crippen molar-refractivity contribution in [1.29, 1.82) is 0 Å². The zero-order valence-electron chi connectivity index (χ0n) is 13.7. The van der Waals surface area contributed by atoms with Gasteiger partial charge in [-0.3, -0.25) is 0 Å². The number of aryl methyl sites for hydroxylation is 2. The quantitative estimate of drug-likeness (QED) is 0.767. The van der Waals surface area contributed by atoms with Crippen molar-refractivity contribution < 1.29 is 5.11 Å². The van der Waals surface area contributed by atoms with E-state index in [0.717, 1.165) is 25.8 Å². The molecule has 0 heterocycles. The summed E-state index contributed by atoms with van der Waals surface area (Å²) in [6.07, 6.45) is 3.01. The van der Waals surface area contributed by atoms with Crippen molar-refractivity contribution in [2.24, 2.45) is 0 Å². The van der Waals surface area contributed by atoms with Crippen LogP contribution in [0.25, 0.3) is 0 Å². The van der Waals surface area contributed by atoms with E-state index in [2.05, 4.69) is 56.2 Å². The molecule has 0 aliphatic heterocycles. The van der Waals surface area contributed by atoms with Gasteiger partial charge in [-0.2, -0.15) is 0 Å². The highest BCUT2D eigenvalue weighted by Gasteiger charge is 2.24. The van der Waals surface area contributed by atoms with Gasteiger partial charge in [0.25, 0.3) is 0 Å². The van der Waals surface area contributed by atoms with Crippen molar-refractivity contribution in [3.63, 3.8) is 0 Å². The minimum absolute atomic E-state index is 0.122. The molecule has 1 aromatic rings. The van der Waals surface area contributed by atoms with Crippen LogP contribution in [0.2, 0.25) is 0 Å². The Kier molecular flexibility index (Phi) is 6.50. The molecule has 0 bridgehead atoms. The van der Waals surface area contributed by atoms with Crippen molar-refractivity contribution in [2.75, 3.05) is 32.1 Å². The average Bonchev–Trinajstić information content (AvgIpc) is 2.44. The minimum Gasteiger partial charge on any atom is -0.394 e. The lowest BCUT2D eigenvalue weighted by molar-refractivity contribution is 0.153. The SMILES string of the molecule is CCC(CO)(CCCN(C)c1ccc(C)cc1C)NC. The number of aliphatic hydroxyl groups excluding tert-OH is 1. The maximum absolute atomic E-state index is 9.56. The van der Waals surface area contributed by atoms with Crippen LogP contribution in [-0.2, 0) is 0 Å². The van der Waals surface area contributed by atoms with E-state index in [0.29, 0.717) is 0 Å². The van der Waals surface area contributed by atoms with Gasteiger partial charge in [-0.25, -0.2) is 0 Å². The van der Waals surface area contributed by atoms with Crippen LogP contribution >= 0.6 is 0 Å². The Labute approximate surface area is 124 Å². The molecule has 2 N–H and O–H groups in total. The molecule has 0 spiro atoms.